The summed E-state index contributed by atoms with van der Waals surface area (Å²) < 4.78 is 0. The molecule has 2 saturated heterocycles. The third-order valence-corrected chi connectivity index (χ3v) is 5.85. The third-order valence-electron chi connectivity index (χ3n) is 5.85. The zero-order valence-corrected chi connectivity index (χ0v) is 16.7. The molecule has 26 heavy (non-hydrogen) atoms. The molecule has 0 aliphatic carbocycles. The summed E-state index contributed by atoms with van der Waals surface area (Å²) in [6.45, 7) is 12.0. The highest BCUT2D eigenvalue weighted by Gasteiger charge is 2.48. The van der Waals surface area contributed by atoms with Gasteiger partial charge in [0.05, 0.1) is 0 Å². The predicted molar refractivity (Wildman–Crippen MR) is 104 cm³/mol. The van der Waals surface area contributed by atoms with Crippen LogP contribution in [0.4, 0.5) is 5.69 Å². The van der Waals surface area contributed by atoms with Crippen molar-refractivity contribution in [2.75, 3.05) is 38.5 Å². The van der Waals surface area contributed by atoms with Gasteiger partial charge in [0.15, 0.2) is 0 Å². The van der Waals surface area contributed by atoms with E-state index < -0.39 is 0 Å². The Hall–Kier alpha value is -1.88. The Morgan fingerprint density at radius 1 is 1.08 bits per heavy atom. The van der Waals surface area contributed by atoms with E-state index in [1.807, 2.05) is 36.9 Å². The standard InChI is InChI=1S/C21H31N3O2/c1-15-7-6-8-17(16(15)2)22-18(25)9-19(26)24-13-20(3)10-21(4,14-24)12-23(5)11-20/h6-8H,9-14H2,1-5H3,(H,22,25). The molecule has 2 atom stereocenters. The molecule has 1 aromatic carbocycles. The maximum absolute atomic E-state index is 12.8. The molecular weight excluding hydrogens is 326 g/mol. The second-order valence-electron chi connectivity index (χ2n) is 9.19. The summed E-state index contributed by atoms with van der Waals surface area (Å²) in [4.78, 5) is 29.5. The lowest BCUT2D eigenvalue weighted by Crippen LogP contribution is -2.62. The molecule has 5 nitrogen and oxygen atoms in total. The van der Waals surface area contributed by atoms with Gasteiger partial charge in [0.25, 0.3) is 0 Å². The van der Waals surface area contributed by atoms with Gasteiger partial charge in [-0.3, -0.25) is 9.59 Å². The van der Waals surface area contributed by atoms with E-state index in [4.69, 9.17) is 0 Å². The van der Waals surface area contributed by atoms with Gasteiger partial charge in [-0.15, -0.1) is 0 Å². The second-order valence-corrected chi connectivity index (χ2v) is 9.19. The van der Waals surface area contributed by atoms with Crippen LogP contribution < -0.4 is 5.32 Å². The number of nitrogens with one attached hydrogen (secondary N) is 1. The van der Waals surface area contributed by atoms with Crippen LogP contribution in [-0.4, -0.2) is 54.8 Å². The first kappa shape index (κ1) is 18.9. The summed E-state index contributed by atoms with van der Waals surface area (Å²) in [5, 5.41) is 2.90. The van der Waals surface area contributed by atoms with Gasteiger partial charge in [-0.25, -0.2) is 0 Å². The molecule has 2 aliphatic rings. The lowest BCUT2D eigenvalue weighted by Gasteiger charge is -2.56. The molecule has 2 heterocycles. The van der Waals surface area contributed by atoms with E-state index in [1.165, 1.54) is 0 Å². The van der Waals surface area contributed by atoms with E-state index in [2.05, 4.69) is 31.1 Å². The van der Waals surface area contributed by atoms with Crippen molar-refractivity contribution < 1.29 is 9.59 Å². The number of carbonyl (C=O) groups excluding carboxylic acids is 2. The largest absolute Gasteiger partial charge is 0.341 e. The van der Waals surface area contributed by atoms with Crippen molar-refractivity contribution in [3.05, 3.63) is 29.3 Å². The van der Waals surface area contributed by atoms with Crippen molar-refractivity contribution in [1.82, 2.24) is 9.80 Å². The highest BCUT2D eigenvalue weighted by molar-refractivity contribution is 6.04. The van der Waals surface area contributed by atoms with Gasteiger partial charge in [-0.1, -0.05) is 26.0 Å². The van der Waals surface area contributed by atoms with Gasteiger partial charge in [0, 0.05) is 31.9 Å². The van der Waals surface area contributed by atoms with Crippen LogP contribution in [0.3, 0.4) is 0 Å². The smallest absolute Gasteiger partial charge is 0.233 e. The predicted octanol–water partition coefficient (Wildman–Crippen LogP) is 2.82. The minimum atomic E-state index is -0.230. The molecule has 1 N–H and O–H groups in total. The number of hydrogen-bond acceptors (Lipinski definition) is 3. The lowest BCUT2D eigenvalue weighted by molar-refractivity contribution is -0.145. The van der Waals surface area contributed by atoms with Crippen LogP contribution in [0.2, 0.25) is 0 Å². The average molecular weight is 357 g/mol. The van der Waals surface area contributed by atoms with E-state index in [0.717, 1.165) is 49.4 Å². The highest BCUT2D eigenvalue weighted by atomic mass is 16.2. The van der Waals surface area contributed by atoms with E-state index in [9.17, 15) is 9.59 Å². The first-order chi connectivity index (χ1) is 12.1. The SMILES string of the molecule is Cc1cccc(NC(=O)CC(=O)N2CC3(C)CN(C)CC(C)(C2)C3)c1C. The minimum absolute atomic E-state index is 0.0606. The molecule has 0 aromatic heterocycles. The number of anilines is 1. The van der Waals surface area contributed by atoms with Crippen LogP contribution in [0.1, 0.15) is 37.8 Å². The number of hydrogen-bond donors (Lipinski definition) is 1. The molecule has 1 aromatic rings. The Morgan fingerprint density at radius 2 is 1.69 bits per heavy atom. The number of piperidine rings is 2. The zero-order valence-electron chi connectivity index (χ0n) is 16.7. The van der Waals surface area contributed by atoms with Crippen LogP contribution in [-0.2, 0) is 9.59 Å². The number of nitrogens with zero attached hydrogens (tertiary/aromatic N) is 2. The van der Waals surface area contributed by atoms with Crippen molar-refractivity contribution in [2.24, 2.45) is 10.8 Å². The molecule has 2 aliphatic heterocycles. The topological polar surface area (TPSA) is 52.7 Å². The van der Waals surface area contributed by atoms with E-state index >= 15 is 0 Å². The van der Waals surface area contributed by atoms with Gasteiger partial charge in [0.2, 0.25) is 11.8 Å². The van der Waals surface area contributed by atoms with E-state index in [-0.39, 0.29) is 29.1 Å². The first-order valence-corrected chi connectivity index (χ1v) is 9.42. The van der Waals surface area contributed by atoms with Crippen LogP contribution in [0, 0.1) is 24.7 Å². The van der Waals surface area contributed by atoms with E-state index in [0.29, 0.717) is 0 Å². The number of carbonyl (C=O) groups is 2. The van der Waals surface area contributed by atoms with Crippen molar-refractivity contribution in [3.8, 4) is 0 Å². The summed E-state index contributed by atoms with van der Waals surface area (Å²) in [7, 11) is 2.16. The number of fused-ring (bicyclic) bond motifs is 2. The Labute approximate surface area is 156 Å². The monoisotopic (exact) mass is 357 g/mol. The molecule has 2 amide bonds. The maximum atomic E-state index is 12.8. The van der Waals surface area contributed by atoms with Crippen molar-refractivity contribution >= 4 is 17.5 Å². The summed E-state index contributed by atoms with van der Waals surface area (Å²) in [5.74, 6) is -0.290. The Kier molecular flexibility index (Phi) is 4.86. The van der Waals surface area contributed by atoms with Crippen LogP contribution in [0.15, 0.2) is 18.2 Å². The highest BCUT2D eigenvalue weighted by Crippen LogP contribution is 2.45. The summed E-state index contributed by atoms with van der Waals surface area (Å²) in [6, 6.07) is 5.82. The Balaban J connectivity index is 1.65. The van der Waals surface area contributed by atoms with Gasteiger partial charge in [-0.05, 0) is 55.3 Å². The number of rotatable bonds is 3. The molecule has 2 bridgehead atoms. The van der Waals surface area contributed by atoms with Crippen molar-refractivity contribution in [3.63, 3.8) is 0 Å². The van der Waals surface area contributed by atoms with Crippen molar-refractivity contribution in [2.45, 2.75) is 40.5 Å². The fraction of sp³-hybridized carbons (Fsp3) is 0.619. The number of benzene rings is 1. The molecular formula is C21H31N3O2. The average Bonchev–Trinajstić information content (AvgIpc) is 2.48. The van der Waals surface area contributed by atoms with Crippen LogP contribution in [0.5, 0.6) is 0 Å². The molecule has 0 saturated carbocycles. The van der Waals surface area contributed by atoms with Gasteiger partial charge < -0.3 is 15.1 Å². The molecule has 5 heteroatoms. The number of amides is 2. The number of likely N-dealkylation sites (tertiary alicyclic amines) is 2. The Morgan fingerprint density at radius 3 is 2.31 bits per heavy atom. The third kappa shape index (κ3) is 3.93. The number of aryl methyl sites for hydroxylation is 1. The van der Waals surface area contributed by atoms with Crippen LogP contribution >= 0.6 is 0 Å². The van der Waals surface area contributed by atoms with Gasteiger partial charge in [-0.2, -0.15) is 0 Å². The molecule has 2 fully saturated rings. The summed E-state index contributed by atoms with van der Waals surface area (Å²) in [5.41, 5.74) is 3.18. The molecule has 142 valence electrons. The first-order valence-electron chi connectivity index (χ1n) is 9.42. The lowest BCUT2D eigenvalue weighted by atomic mass is 9.65. The fourth-order valence-corrected chi connectivity index (χ4v) is 5.20. The summed E-state index contributed by atoms with van der Waals surface area (Å²) >= 11 is 0. The minimum Gasteiger partial charge on any atom is -0.341 e. The normalized spacial score (nSPS) is 28.7. The van der Waals surface area contributed by atoms with Crippen LogP contribution in [0.25, 0.3) is 0 Å². The molecule has 2 unspecified atom stereocenters. The maximum Gasteiger partial charge on any atom is 0.233 e. The second kappa shape index (κ2) is 6.69. The van der Waals surface area contributed by atoms with Gasteiger partial charge in [0.1, 0.15) is 6.42 Å². The Bertz CT molecular complexity index is 712. The summed E-state index contributed by atoms with van der Waals surface area (Å²) in [6.07, 6.45) is 1.05. The molecule has 0 radical (unpaired) electrons. The zero-order chi connectivity index (χ0) is 19.1. The molecule has 0 spiro atoms. The van der Waals surface area contributed by atoms with Gasteiger partial charge >= 0.3 is 0 Å². The van der Waals surface area contributed by atoms with Crippen molar-refractivity contribution in [1.29, 1.82) is 0 Å². The molecule has 3 rings (SSSR count). The van der Waals surface area contributed by atoms with E-state index in [1.54, 1.807) is 0 Å². The quantitative estimate of drug-likeness (QED) is 0.847. The fourth-order valence-electron chi connectivity index (χ4n) is 5.20.